The average Bonchev–Trinajstić information content (AvgIpc) is 2.04. The molecule has 1 heterocycles. The smallest absolute Gasteiger partial charge is 0.0820 e. The number of β-amino-alcohol motifs (C(OH)–C–C–N with tert-alkyl or cyclic N) is 1. The fraction of sp³-hybridized carbons (Fsp3) is 1.00. The molecule has 11 heavy (non-hydrogen) atoms. The van der Waals surface area contributed by atoms with Crippen molar-refractivity contribution in [2.75, 3.05) is 26.7 Å². The molecule has 0 bridgehead atoms. The summed E-state index contributed by atoms with van der Waals surface area (Å²) in [5, 5.41) is 12.7. The Morgan fingerprint density at radius 1 is 1.64 bits per heavy atom. The van der Waals surface area contributed by atoms with Crippen LogP contribution < -0.4 is 5.32 Å². The third-order valence-electron chi connectivity index (χ3n) is 2.48. The number of rotatable bonds is 2. The zero-order valence-electron chi connectivity index (χ0n) is 7.38. The molecule has 0 spiro atoms. The fourth-order valence-corrected chi connectivity index (χ4v) is 1.62. The number of hydrogen-bond donors (Lipinski definition) is 2. The number of aliphatic hydroxyl groups excluding tert-OH is 1. The van der Waals surface area contributed by atoms with Gasteiger partial charge < -0.3 is 15.3 Å². The zero-order chi connectivity index (χ0) is 8.27. The van der Waals surface area contributed by atoms with Gasteiger partial charge in [0.1, 0.15) is 0 Å². The van der Waals surface area contributed by atoms with E-state index < -0.39 is 0 Å². The van der Waals surface area contributed by atoms with Crippen LogP contribution in [0.15, 0.2) is 0 Å². The summed E-state index contributed by atoms with van der Waals surface area (Å²) in [5.74, 6) is 0. The zero-order valence-corrected chi connectivity index (χ0v) is 7.38. The summed E-state index contributed by atoms with van der Waals surface area (Å²) in [7, 11) is 1.91. The standard InChI is InChI=1S/C8H18N2O/c1-3-10-5-4-7(9-2)8(11)6-10/h7-9,11H,3-6H2,1-2H3. The summed E-state index contributed by atoms with van der Waals surface area (Å²) in [4.78, 5) is 2.28. The van der Waals surface area contributed by atoms with Gasteiger partial charge in [0.25, 0.3) is 0 Å². The van der Waals surface area contributed by atoms with E-state index in [1.165, 1.54) is 0 Å². The van der Waals surface area contributed by atoms with Crippen LogP contribution in [0.3, 0.4) is 0 Å². The van der Waals surface area contributed by atoms with Gasteiger partial charge in [-0.1, -0.05) is 6.92 Å². The van der Waals surface area contributed by atoms with Gasteiger partial charge in [-0.3, -0.25) is 0 Å². The molecule has 1 aliphatic rings. The minimum Gasteiger partial charge on any atom is -0.390 e. The van der Waals surface area contributed by atoms with E-state index in [1.807, 2.05) is 7.05 Å². The van der Waals surface area contributed by atoms with Crippen molar-refractivity contribution in [2.45, 2.75) is 25.5 Å². The Hall–Kier alpha value is -0.120. The quantitative estimate of drug-likeness (QED) is 0.577. The van der Waals surface area contributed by atoms with Gasteiger partial charge in [0, 0.05) is 12.6 Å². The predicted octanol–water partition coefficient (Wildman–Crippen LogP) is -0.339. The minimum atomic E-state index is -0.186. The van der Waals surface area contributed by atoms with Crippen molar-refractivity contribution in [3.63, 3.8) is 0 Å². The van der Waals surface area contributed by atoms with Gasteiger partial charge in [-0.05, 0) is 26.6 Å². The van der Waals surface area contributed by atoms with Crippen LogP contribution in [-0.4, -0.2) is 48.8 Å². The lowest BCUT2D eigenvalue weighted by Crippen LogP contribution is -2.51. The highest BCUT2D eigenvalue weighted by molar-refractivity contribution is 4.83. The van der Waals surface area contributed by atoms with E-state index >= 15 is 0 Å². The van der Waals surface area contributed by atoms with Crippen LogP contribution in [0.1, 0.15) is 13.3 Å². The number of likely N-dealkylation sites (N-methyl/N-ethyl adjacent to an activating group) is 2. The lowest BCUT2D eigenvalue weighted by atomic mass is 10.0. The third kappa shape index (κ3) is 2.15. The van der Waals surface area contributed by atoms with Crippen molar-refractivity contribution >= 4 is 0 Å². The van der Waals surface area contributed by atoms with Crippen LogP contribution in [0.2, 0.25) is 0 Å². The van der Waals surface area contributed by atoms with Crippen LogP contribution >= 0.6 is 0 Å². The molecule has 2 atom stereocenters. The summed E-state index contributed by atoms with van der Waals surface area (Å²) in [6.45, 7) is 5.11. The van der Waals surface area contributed by atoms with Crippen molar-refractivity contribution in [1.29, 1.82) is 0 Å². The van der Waals surface area contributed by atoms with Crippen molar-refractivity contribution < 1.29 is 5.11 Å². The molecule has 66 valence electrons. The summed E-state index contributed by atoms with van der Waals surface area (Å²) < 4.78 is 0. The molecule has 0 aliphatic carbocycles. The van der Waals surface area contributed by atoms with Gasteiger partial charge in [0.15, 0.2) is 0 Å². The molecule has 0 amide bonds. The molecule has 3 heteroatoms. The van der Waals surface area contributed by atoms with Crippen molar-refractivity contribution in [3.05, 3.63) is 0 Å². The topological polar surface area (TPSA) is 35.5 Å². The van der Waals surface area contributed by atoms with E-state index in [-0.39, 0.29) is 6.10 Å². The van der Waals surface area contributed by atoms with E-state index in [9.17, 15) is 5.11 Å². The molecule has 0 aromatic heterocycles. The summed E-state index contributed by atoms with van der Waals surface area (Å²) in [5.41, 5.74) is 0. The maximum Gasteiger partial charge on any atom is 0.0820 e. The maximum absolute atomic E-state index is 9.57. The first-order valence-electron chi connectivity index (χ1n) is 4.35. The van der Waals surface area contributed by atoms with Crippen LogP contribution in [0, 0.1) is 0 Å². The number of nitrogens with one attached hydrogen (secondary N) is 1. The molecule has 1 fully saturated rings. The second kappa shape index (κ2) is 4.04. The molecule has 0 aromatic rings. The summed E-state index contributed by atoms with van der Waals surface area (Å²) in [6.07, 6.45) is 0.875. The molecule has 1 aliphatic heterocycles. The van der Waals surface area contributed by atoms with Crippen LogP contribution in [0.25, 0.3) is 0 Å². The highest BCUT2D eigenvalue weighted by Gasteiger charge is 2.24. The SMILES string of the molecule is CCN1CCC(NC)C(O)C1. The Balaban J connectivity index is 2.34. The van der Waals surface area contributed by atoms with Gasteiger partial charge in [-0.25, -0.2) is 0 Å². The largest absolute Gasteiger partial charge is 0.390 e. The lowest BCUT2D eigenvalue weighted by molar-refractivity contribution is 0.0457. The Kier molecular flexibility index (Phi) is 3.30. The molecule has 1 saturated heterocycles. The van der Waals surface area contributed by atoms with Crippen LogP contribution in [0.5, 0.6) is 0 Å². The molecule has 0 aromatic carbocycles. The molecular formula is C8H18N2O. The Morgan fingerprint density at radius 3 is 2.82 bits per heavy atom. The van der Waals surface area contributed by atoms with Crippen LogP contribution in [0.4, 0.5) is 0 Å². The highest BCUT2D eigenvalue weighted by atomic mass is 16.3. The lowest BCUT2D eigenvalue weighted by Gasteiger charge is -2.34. The molecule has 0 radical (unpaired) electrons. The van der Waals surface area contributed by atoms with E-state index in [4.69, 9.17) is 0 Å². The van der Waals surface area contributed by atoms with Gasteiger partial charge in [-0.15, -0.1) is 0 Å². The van der Waals surface area contributed by atoms with Crippen molar-refractivity contribution in [2.24, 2.45) is 0 Å². The van der Waals surface area contributed by atoms with Gasteiger partial charge in [-0.2, -0.15) is 0 Å². The molecule has 0 saturated carbocycles. The molecule has 2 N–H and O–H groups in total. The maximum atomic E-state index is 9.57. The Morgan fingerprint density at radius 2 is 2.36 bits per heavy atom. The van der Waals surface area contributed by atoms with Gasteiger partial charge in [0.2, 0.25) is 0 Å². The number of hydrogen-bond acceptors (Lipinski definition) is 3. The normalized spacial score (nSPS) is 34.1. The fourth-order valence-electron chi connectivity index (χ4n) is 1.62. The second-order valence-corrected chi connectivity index (χ2v) is 3.14. The van der Waals surface area contributed by atoms with Gasteiger partial charge >= 0.3 is 0 Å². The second-order valence-electron chi connectivity index (χ2n) is 3.14. The van der Waals surface area contributed by atoms with E-state index in [0.29, 0.717) is 6.04 Å². The molecule has 3 nitrogen and oxygen atoms in total. The number of piperidine rings is 1. The van der Waals surface area contributed by atoms with Crippen molar-refractivity contribution in [1.82, 2.24) is 10.2 Å². The number of likely N-dealkylation sites (tertiary alicyclic amines) is 1. The number of aliphatic hydroxyl groups is 1. The van der Waals surface area contributed by atoms with Gasteiger partial charge in [0.05, 0.1) is 6.10 Å². The molecule has 2 unspecified atom stereocenters. The molecular weight excluding hydrogens is 140 g/mol. The monoisotopic (exact) mass is 158 g/mol. The number of nitrogens with zero attached hydrogens (tertiary/aromatic N) is 1. The average molecular weight is 158 g/mol. The molecule has 1 rings (SSSR count). The Bertz CT molecular complexity index is 119. The van der Waals surface area contributed by atoms with E-state index in [0.717, 1.165) is 26.1 Å². The third-order valence-corrected chi connectivity index (χ3v) is 2.48. The first kappa shape index (κ1) is 8.97. The van der Waals surface area contributed by atoms with E-state index in [1.54, 1.807) is 0 Å². The minimum absolute atomic E-state index is 0.186. The summed E-state index contributed by atoms with van der Waals surface area (Å²) >= 11 is 0. The van der Waals surface area contributed by atoms with Crippen molar-refractivity contribution in [3.8, 4) is 0 Å². The first-order chi connectivity index (χ1) is 5.27. The highest BCUT2D eigenvalue weighted by Crippen LogP contribution is 2.09. The first-order valence-corrected chi connectivity index (χ1v) is 4.35. The predicted molar refractivity (Wildman–Crippen MR) is 45.6 cm³/mol. The Labute approximate surface area is 68.4 Å². The van der Waals surface area contributed by atoms with E-state index in [2.05, 4.69) is 17.1 Å². The summed E-state index contributed by atoms with van der Waals surface area (Å²) in [6, 6.07) is 0.304. The van der Waals surface area contributed by atoms with Crippen LogP contribution in [-0.2, 0) is 0 Å².